The maximum atomic E-state index is 13.5. The van der Waals surface area contributed by atoms with E-state index in [1.54, 1.807) is 30.2 Å². The first-order valence-corrected chi connectivity index (χ1v) is 10.8. The molecule has 1 aliphatic carbocycles. The Hall–Kier alpha value is -3.67. The van der Waals surface area contributed by atoms with Crippen LogP contribution < -0.4 is 5.56 Å². The van der Waals surface area contributed by atoms with Gasteiger partial charge in [-0.3, -0.25) is 14.6 Å². The van der Waals surface area contributed by atoms with Gasteiger partial charge in [-0.1, -0.05) is 12.1 Å². The van der Waals surface area contributed by atoms with Gasteiger partial charge in [0.25, 0.3) is 5.56 Å². The highest BCUT2D eigenvalue weighted by atomic mass is 16.1. The fourth-order valence-corrected chi connectivity index (χ4v) is 4.23. The number of ketones is 1. The second-order valence-electron chi connectivity index (χ2n) is 8.71. The molecular weight excluding hydrogens is 400 g/mol. The molecule has 6 heteroatoms. The van der Waals surface area contributed by atoms with E-state index in [-0.39, 0.29) is 11.3 Å². The molecule has 0 N–H and O–H groups in total. The number of carbonyl (C=O) groups is 1. The average Bonchev–Trinajstić information content (AvgIpc) is 3.60. The number of fused-ring (bicyclic) bond motifs is 1. The number of carbonyl (C=O) groups excluding carboxylic acids is 1. The molecule has 1 aromatic carbocycles. The summed E-state index contributed by atoms with van der Waals surface area (Å²) in [5.41, 5.74) is 6.02. The molecule has 1 aliphatic rings. The molecule has 0 bridgehead atoms. The predicted octanol–water partition coefficient (Wildman–Crippen LogP) is 4.66. The van der Waals surface area contributed by atoms with Crippen molar-refractivity contribution in [1.29, 1.82) is 0 Å². The molecule has 1 saturated carbocycles. The van der Waals surface area contributed by atoms with Crippen molar-refractivity contribution in [2.75, 3.05) is 0 Å². The van der Waals surface area contributed by atoms with Gasteiger partial charge in [0, 0.05) is 47.9 Å². The minimum Gasteiger partial charge on any atom is -0.309 e. The van der Waals surface area contributed by atoms with Crippen LogP contribution >= 0.6 is 0 Å². The van der Waals surface area contributed by atoms with Crippen molar-refractivity contribution in [2.24, 2.45) is 13.0 Å². The smallest absolute Gasteiger partial charge is 0.258 e. The maximum absolute atomic E-state index is 13.5. The first-order valence-electron chi connectivity index (χ1n) is 10.8. The molecule has 0 aliphatic heterocycles. The van der Waals surface area contributed by atoms with E-state index in [9.17, 15) is 9.59 Å². The van der Waals surface area contributed by atoms with Crippen LogP contribution in [0.15, 0.2) is 53.7 Å². The summed E-state index contributed by atoms with van der Waals surface area (Å²) in [6.07, 6.45) is 8.00. The normalized spacial score (nSPS) is 13.5. The van der Waals surface area contributed by atoms with Crippen LogP contribution in [0.25, 0.3) is 33.3 Å². The molecule has 4 aromatic rings. The molecule has 0 amide bonds. The predicted molar refractivity (Wildman–Crippen MR) is 125 cm³/mol. The highest BCUT2D eigenvalue weighted by Gasteiger charge is 2.25. The average molecular weight is 425 g/mol. The molecular formula is C26H24N4O2. The zero-order valence-electron chi connectivity index (χ0n) is 18.4. The summed E-state index contributed by atoms with van der Waals surface area (Å²) in [6.45, 7) is 3.95. The Kier molecular flexibility index (Phi) is 4.93. The lowest BCUT2D eigenvalue weighted by atomic mass is 9.95. The Morgan fingerprint density at radius 2 is 1.81 bits per heavy atom. The number of aromatic nitrogens is 4. The summed E-state index contributed by atoms with van der Waals surface area (Å²) in [6, 6.07) is 9.43. The summed E-state index contributed by atoms with van der Waals surface area (Å²) >= 11 is 0. The SMILES string of the molecule is Cc1ccc(C(=O)CC2CC2)cc1-c1cc2cnnc(-c3cnccc3C)c2n(C)c1=O. The standard InChI is InChI=1S/C26H24N4O2/c1-15-4-7-18(23(31)10-17-5-6-17)11-20(15)21-12-19-13-28-29-24(25(19)30(3)26(21)32)22-14-27-9-8-16(22)2/h4,7-9,11-14,17H,5-6,10H2,1-3H3. The lowest BCUT2D eigenvalue weighted by molar-refractivity contribution is 0.0976. The van der Waals surface area contributed by atoms with Crippen LogP contribution in [0.2, 0.25) is 0 Å². The van der Waals surface area contributed by atoms with Crippen LogP contribution in [0.4, 0.5) is 0 Å². The van der Waals surface area contributed by atoms with E-state index in [0.29, 0.717) is 34.7 Å². The first kappa shape index (κ1) is 20.2. The second kappa shape index (κ2) is 7.79. The van der Waals surface area contributed by atoms with Gasteiger partial charge in [-0.25, -0.2) is 0 Å². The number of hydrogen-bond donors (Lipinski definition) is 0. The monoisotopic (exact) mass is 424 g/mol. The lowest BCUT2D eigenvalue weighted by Crippen LogP contribution is -2.20. The Morgan fingerprint density at radius 1 is 1.03 bits per heavy atom. The lowest BCUT2D eigenvalue weighted by Gasteiger charge is -2.14. The number of rotatable bonds is 5. The number of nitrogens with zero attached hydrogens (tertiary/aromatic N) is 4. The zero-order valence-corrected chi connectivity index (χ0v) is 18.4. The van der Waals surface area contributed by atoms with E-state index in [0.717, 1.165) is 40.5 Å². The van der Waals surface area contributed by atoms with E-state index in [1.165, 1.54) is 0 Å². The van der Waals surface area contributed by atoms with Gasteiger partial charge in [-0.15, -0.1) is 5.10 Å². The second-order valence-corrected chi connectivity index (χ2v) is 8.71. The van der Waals surface area contributed by atoms with Crippen LogP contribution in [0.5, 0.6) is 0 Å². The molecule has 6 nitrogen and oxygen atoms in total. The molecule has 3 heterocycles. The third-order valence-corrected chi connectivity index (χ3v) is 6.34. The molecule has 32 heavy (non-hydrogen) atoms. The molecule has 5 rings (SSSR count). The number of pyridine rings is 2. The summed E-state index contributed by atoms with van der Waals surface area (Å²) < 4.78 is 1.62. The van der Waals surface area contributed by atoms with E-state index < -0.39 is 0 Å². The molecule has 1 fully saturated rings. The van der Waals surface area contributed by atoms with Crippen LogP contribution in [0.1, 0.15) is 40.7 Å². The molecule has 3 aromatic heterocycles. The number of Topliss-reactive ketones (excluding diaryl/α,β-unsaturated/α-hetero) is 1. The molecule has 0 spiro atoms. The van der Waals surface area contributed by atoms with Crippen molar-refractivity contribution in [3.05, 3.63) is 76.0 Å². The van der Waals surface area contributed by atoms with Gasteiger partial charge in [0.1, 0.15) is 5.69 Å². The van der Waals surface area contributed by atoms with E-state index in [4.69, 9.17) is 0 Å². The van der Waals surface area contributed by atoms with Gasteiger partial charge in [0.05, 0.1) is 11.7 Å². The molecule has 0 radical (unpaired) electrons. The van der Waals surface area contributed by atoms with Crippen LogP contribution in [0.3, 0.4) is 0 Å². The summed E-state index contributed by atoms with van der Waals surface area (Å²) in [7, 11) is 1.75. The molecule has 160 valence electrons. The zero-order chi connectivity index (χ0) is 22.4. The Morgan fingerprint density at radius 3 is 2.56 bits per heavy atom. The third-order valence-electron chi connectivity index (χ3n) is 6.34. The largest absolute Gasteiger partial charge is 0.309 e. The van der Waals surface area contributed by atoms with E-state index in [2.05, 4.69) is 15.2 Å². The van der Waals surface area contributed by atoms with E-state index in [1.807, 2.05) is 44.2 Å². The van der Waals surface area contributed by atoms with Gasteiger partial charge < -0.3 is 4.57 Å². The third kappa shape index (κ3) is 3.51. The molecule has 0 unspecified atom stereocenters. The van der Waals surface area contributed by atoms with Crippen LogP contribution in [0, 0.1) is 19.8 Å². The van der Waals surface area contributed by atoms with Crippen LogP contribution in [-0.4, -0.2) is 25.5 Å². The maximum Gasteiger partial charge on any atom is 0.258 e. The van der Waals surface area contributed by atoms with Gasteiger partial charge in [-0.2, -0.15) is 5.10 Å². The summed E-state index contributed by atoms with van der Waals surface area (Å²) in [4.78, 5) is 30.4. The number of hydrogen-bond acceptors (Lipinski definition) is 5. The fourth-order valence-electron chi connectivity index (χ4n) is 4.23. The fraction of sp³-hybridized carbons (Fsp3) is 0.269. The molecule has 0 atom stereocenters. The van der Waals surface area contributed by atoms with Gasteiger partial charge >= 0.3 is 0 Å². The molecule has 0 saturated heterocycles. The Labute approximate surface area is 186 Å². The number of benzene rings is 1. The van der Waals surface area contributed by atoms with Gasteiger partial charge in [0.15, 0.2) is 5.78 Å². The van der Waals surface area contributed by atoms with Gasteiger partial charge in [-0.05, 0) is 67.5 Å². The quantitative estimate of drug-likeness (QED) is 0.436. The minimum atomic E-state index is -0.136. The van der Waals surface area contributed by atoms with Crippen molar-refractivity contribution in [3.8, 4) is 22.4 Å². The van der Waals surface area contributed by atoms with E-state index >= 15 is 0 Å². The summed E-state index contributed by atoms with van der Waals surface area (Å²) in [5.74, 6) is 0.667. The van der Waals surface area contributed by atoms with Crippen molar-refractivity contribution < 1.29 is 4.79 Å². The minimum absolute atomic E-state index is 0.136. The summed E-state index contributed by atoms with van der Waals surface area (Å²) in [5, 5.41) is 9.34. The Balaban J connectivity index is 1.69. The van der Waals surface area contributed by atoms with Crippen molar-refractivity contribution >= 4 is 16.7 Å². The number of aryl methyl sites for hydroxylation is 3. The topological polar surface area (TPSA) is 77.7 Å². The van der Waals surface area contributed by atoms with Crippen LogP contribution in [-0.2, 0) is 7.05 Å². The Bertz CT molecular complexity index is 1430. The first-order chi connectivity index (χ1) is 15.4. The van der Waals surface area contributed by atoms with Crippen molar-refractivity contribution in [1.82, 2.24) is 19.7 Å². The van der Waals surface area contributed by atoms with Crippen molar-refractivity contribution in [3.63, 3.8) is 0 Å². The van der Waals surface area contributed by atoms with Gasteiger partial charge in [0.2, 0.25) is 0 Å². The van der Waals surface area contributed by atoms with Crippen molar-refractivity contribution in [2.45, 2.75) is 33.1 Å². The highest BCUT2D eigenvalue weighted by Crippen LogP contribution is 2.34. The highest BCUT2D eigenvalue weighted by molar-refractivity contribution is 5.98.